The molecule has 1 aliphatic rings. The number of rotatable bonds is 4. The molecule has 0 aliphatic heterocycles. The van der Waals surface area contributed by atoms with E-state index in [2.05, 4.69) is 11.4 Å². The van der Waals surface area contributed by atoms with Crippen molar-refractivity contribution in [1.29, 1.82) is 0 Å². The lowest BCUT2D eigenvalue weighted by molar-refractivity contribution is -0.140. The second-order valence-electron chi connectivity index (χ2n) is 4.93. The first-order valence-corrected chi connectivity index (χ1v) is 6.05. The van der Waals surface area contributed by atoms with Gasteiger partial charge in [-0.05, 0) is 31.4 Å². The molecule has 2 N–H and O–H groups in total. The Morgan fingerprint density at radius 1 is 1.33 bits per heavy atom. The second kappa shape index (κ2) is 4.80. The first-order chi connectivity index (χ1) is 8.49. The van der Waals surface area contributed by atoms with E-state index in [1.165, 1.54) is 5.56 Å². The van der Waals surface area contributed by atoms with Crippen molar-refractivity contribution in [2.75, 3.05) is 0 Å². The SMILES string of the molecule is Cc1ccc(CNC(=O)C2CC2C(=O)O)c(C)c1. The number of carboxylic acid groups (broad SMARTS) is 1. The highest BCUT2D eigenvalue weighted by Gasteiger charge is 2.48. The molecule has 0 heterocycles. The minimum atomic E-state index is -0.873. The van der Waals surface area contributed by atoms with E-state index >= 15 is 0 Å². The number of carbonyl (C=O) groups excluding carboxylic acids is 1. The maximum atomic E-state index is 11.7. The molecule has 0 saturated heterocycles. The minimum absolute atomic E-state index is 0.151. The van der Waals surface area contributed by atoms with Crippen LogP contribution >= 0.6 is 0 Å². The molecule has 1 aliphatic carbocycles. The van der Waals surface area contributed by atoms with Crippen molar-refractivity contribution in [2.24, 2.45) is 11.8 Å². The molecule has 4 nitrogen and oxygen atoms in total. The summed E-state index contributed by atoms with van der Waals surface area (Å²) in [6.07, 6.45) is 0.466. The summed E-state index contributed by atoms with van der Waals surface area (Å²) in [4.78, 5) is 22.4. The Kier molecular flexibility index (Phi) is 3.36. The monoisotopic (exact) mass is 247 g/mol. The number of aryl methyl sites for hydroxylation is 2. The lowest BCUT2D eigenvalue weighted by Gasteiger charge is -2.08. The summed E-state index contributed by atoms with van der Waals surface area (Å²) in [6.45, 7) is 4.50. The molecule has 0 aromatic heterocycles. The van der Waals surface area contributed by atoms with Crippen molar-refractivity contribution in [1.82, 2.24) is 5.32 Å². The zero-order valence-electron chi connectivity index (χ0n) is 10.6. The van der Waals surface area contributed by atoms with E-state index in [0.717, 1.165) is 11.1 Å². The van der Waals surface area contributed by atoms with E-state index < -0.39 is 11.9 Å². The van der Waals surface area contributed by atoms with Crippen molar-refractivity contribution in [3.05, 3.63) is 34.9 Å². The van der Waals surface area contributed by atoms with Crippen LogP contribution in [0.15, 0.2) is 18.2 Å². The Bertz CT molecular complexity index is 496. The van der Waals surface area contributed by atoms with Crippen molar-refractivity contribution < 1.29 is 14.7 Å². The fourth-order valence-electron chi connectivity index (χ4n) is 2.12. The molecule has 0 bridgehead atoms. The lowest BCUT2D eigenvalue weighted by Crippen LogP contribution is -2.26. The molecule has 1 saturated carbocycles. The Labute approximate surface area is 106 Å². The zero-order valence-corrected chi connectivity index (χ0v) is 10.6. The average Bonchev–Trinajstić information content (AvgIpc) is 3.07. The topological polar surface area (TPSA) is 66.4 Å². The van der Waals surface area contributed by atoms with E-state index in [1.54, 1.807) is 0 Å². The van der Waals surface area contributed by atoms with Gasteiger partial charge in [-0.25, -0.2) is 0 Å². The summed E-state index contributed by atoms with van der Waals surface area (Å²) in [7, 11) is 0. The molecule has 1 aromatic carbocycles. The number of nitrogens with one attached hydrogen (secondary N) is 1. The van der Waals surface area contributed by atoms with Crippen LogP contribution in [0.5, 0.6) is 0 Å². The number of amides is 1. The van der Waals surface area contributed by atoms with Gasteiger partial charge in [-0.15, -0.1) is 0 Å². The highest BCUT2D eigenvalue weighted by Crippen LogP contribution is 2.38. The van der Waals surface area contributed by atoms with Gasteiger partial charge in [-0.3, -0.25) is 9.59 Å². The van der Waals surface area contributed by atoms with Gasteiger partial charge in [0.2, 0.25) is 5.91 Å². The van der Waals surface area contributed by atoms with Crippen LogP contribution in [-0.2, 0) is 16.1 Å². The van der Waals surface area contributed by atoms with Gasteiger partial charge in [-0.1, -0.05) is 23.8 Å². The van der Waals surface area contributed by atoms with Crippen LogP contribution in [0, 0.1) is 25.7 Å². The number of hydrogen-bond acceptors (Lipinski definition) is 2. The molecule has 18 heavy (non-hydrogen) atoms. The molecule has 96 valence electrons. The number of hydrogen-bond donors (Lipinski definition) is 2. The predicted molar refractivity (Wildman–Crippen MR) is 67.0 cm³/mol. The van der Waals surface area contributed by atoms with E-state index in [1.807, 2.05) is 26.0 Å². The lowest BCUT2D eigenvalue weighted by atomic mass is 10.1. The first-order valence-electron chi connectivity index (χ1n) is 6.05. The quantitative estimate of drug-likeness (QED) is 0.850. The summed E-state index contributed by atoms with van der Waals surface area (Å²) < 4.78 is 0. The van der Waals surface area contributed by atoms with Gasteiger partial charge in [0.1, 0.15) is 0 Å². The van der Waals surface area contributed by atoms with Crippen molar-refractivity contribution >= 4 is 11.9 Å². The third-order valence-electron chi connectivity index (χ3n) is 3.40. The smallest absolute Gasteiger partial charge is 0.307 e. The molecule has 2 atom stereocenters. The van der Waals surface area contributed by atoms with Crippen LogP contribution in [0.1, 0.15) is 23.1 Å². The van der Waals surface area contributed by atoms with Crippen LogP contribution in [0.25, 0.3) is 0 Å². The summed E-state index contributed by atoms with van der Waals surface area (Å²) in [5.74, 6) is -1.85. The second-order valence-corrected chi connectivity index (χ2v) is 4.93. The van der Waals surface area contributed by atoms with Crippen LogP contribution in [0.3, 0.4) is 0 Å². The number of benzene rings is 1. The van der Waals surface area contributed by atoms with Crippen molar-refractivity contribution in [2.45, 2.75) is 26.8 Å². The summed E-state index contributed by atoms with van der Waals surface area (Å²) >= 11 is 0. The Balaban J connectivity index is 1.89. The van der Waals surface area contributed by atoms with Gasteiger partial charge in [0.05, 0.1) is 11.8 Å². The number of carbonyl (C=O) groups is 2. The third kappa shape index (κ3) is 2.70. The maximum Gasteiger partial charge on any atom is 0.307 e. The van der Waals surface area contributed by atoms with Crippen molar-refractivity contribution in [3.8, 4) is 0 Å². The average molecular weight is 247 g/mol. The maximum absolute atomic E-state index is 11.7. The van der Waals surface area contributed by atoms with Crippen LogP contribution in [0.2, 0.25) is 0 Å². The number of aliphatic carboxylic acids is 1. The molecule has 4 heteroatoms. The Morgan fingerprint density at radius 2 is 2.06 bits per heavy atom. The molecule has 2 rings (SSSR count). The molecule has 1 amide bonds. The van der Waals surface area contributed by atoms with E-state index in [4.69, 9.17) is 5.11 Å². The minimum Gasteiger partial charge on any atom is -0.481 e. The van der Waals surface area contributed by atoms with Gasteiger partial charge < -0.3 is 10.4 Å². The highest BCUT2D eigenvalue weighted by molar-refractivity contribution is 5.89. The van der Waals surface area contributed by atoms with Gasteiger partial charge in [0, 0.05) is 6.54 Å². The van der Waals surface area contributed by atoms with Crippen LogP contribution in [-0.4, -0.2) is 17.0 Å². The van der Waals surface area contributed by atoms with Crippen molar-refractivity contribution in [3.63, 3.8) is 0 Å². The predicted octanol–water partition coefficient (Wildman–Crippen LogP) is 1.64. The van der Waals surface area contributed by atoms with E-state index in [-0.39, 0.29) is 11.8 Å². The molecular formula is C14H17NO3. The van der Waals surface area contributed by atoms with Crippen LogP contribution in [0.4, 0.5) is 0 Å². The Morgan fingerprint density at radius 3 is 2.61 bits per heavy atom. The standard InChI is InChI=1S/C14H17NO3/c1-8-3-4-10(9(2)5-8)7-15-13(16)11-6-12(11)14(17)18/h3-5,11-12H,6-7H2,1-2H3,(H,15,16)(H,17,18). The normalized spacial score (nSPS) is 21.4. The van der Waals surface area contributed by atoms with Crippen LogP contribution < -0.4 is 5.32 Å². The zero-order chi connectivity index (χ0) is 13.3. The van der Waals surface area contributed by atoms with Gasteiger partial charge in [0.15, 0.2) is 0 Å². The van der Waals surface area contributed by atoms with Gasteiger partial charge in [-0.2, -0.15) is 0 Å². The summed E-state index contributed by atoms with van der Waals surface area (Å²) in [5.41, 5.74) is 3.40. The van der Waals surface area contributed by atoms with Gasteiger partial charge >= 0.3 is 5.97 Å². The molecule has 2 unspecified atom stereocenters. The molecule has 0 radical (unpaired) electrons. The summed E-state index contributed by atoms with van der Waals surface area (Å²) in [6, 6.07) is 6.07. The third-order valence-corrected chi connectivity index (χ3v) is 3.40. The fraction of sp³-hybridized carbons (Fsp3) is 0.429. The van der Waals surface area contributed by atoms with E-state index in [0.29, 0.717) is 13.0 Å². The highest BCUT2D eigenvalue weighted by atomic mass is 16.4. The number of carboxylic acids is 1. The largest absolute Gasteiger partial charge is 0.481 e. The van der Waals surface area contributed by atoms with E-state index in [9.17, 15) is 9.59 Å². The molecule has 0 spiro atoms. The molecular weight excluding hydrogens is 230 g/mol. The Hall–Kier alpha value is -1.84. The van der Waals surface area contributed by atoms with Gasteiger partial charge in [0.25, 0.3) is 0 Å². The summed E-state index contributed by atoms with van der Waals surface area (Å²) in [5, 5.41) is 11.6. The fourth-order valence-corrected chi connectivity index (χ4v) is 2.12. The molecule has 1 aromatic rings. The first kappa shape index (κ1) is 12.6. The molecule has 1 fully saturated rings.